The number of aliphatic imine (C=N–C) groups is 1. The van der Waals surface area contributed by atoms with Gasteiger partial charge in [-0.2, -0.15) is 0 Å². The molecule has 1 unspecified atom stereocenters. The summed E-state index contributed by atoms with van der Waals surface area (Å²) < 4.78 is 5.76. The summed E-state index contributed by atoms with van der Waals surface area (Å²) in [7, 11) is 0. The van der Waals surface area contributed by atoms with E-state index in [-0.39, 0.29) is 11.9 Å². The maximum Gasteiger partial charge on any atom is 0.158 e. The molecule has 0 amide bonds. The van der Waals surface area contributed by atoms with Gasteiger partial charge in [-0.25, -0.2) is 4.99 Å². The van der Waals surface area contributed by atoms with Gasteiger partial charge in [0.05, 0.1) is 11.7 Å². The molecule has 1 aliphatic heterocycles. The zero-order valence-corrected chi connectivity index (χ0v) is 9.45. The Morgan fingerprint density at radius 2 is 2.25 bits per heavy atom. The van der Waals surface area contributed by atoms with Crippen molar-refractivity contribution in [1.29, 1.82) is 5.41 Å². The minimum absolute atomic E-state index is 0.126. The van der Waals surface area contributed by atoms with Gasteiger partial charge in [0.25, 0.3) is 0 Å². The monoisotopic (exact) mass is 217 g/mol. The molecule has 0 aromatic heterocycles. The van der Waals surface area contributed by atoms with E-state index in [0.29, 0.717) is 17.1 Å². The van der Waals surface area contributed by atoms with Crippen LogP contribution in [0.5, 0.6) is 5.75 Å². The Hall–Kier alpha value is -1.84. The van der Waals surface area contributed by atoms with Crippen molar-refractivity contribution >= 4 is 11.7 Å². The Morgan fingerprint density at radius 3 is 2.94 bits per heavy atom. The van der Waals surface area contributed by atoms with E-state index in [1.54, 1.807) is 0 Å². The first-order chi connectivity index (χ1) is 7.63. The summed E-state index contributed by atoms with van der Waals surface area (Å²) in [6.45, 7) is 4.06. The van der Waals surface area contributed by atoms with Crippen molar-refractivity contribution in [3.05, 3.63) is 29.3 Å². The summed E-state index contributed by atoms with van der Waals surface area (Å²) >= 11 is 0. The minimum Gasteiger partial charge on any atom is -0.490 e. The van der Waals surface area contributed by atoms with Gasteiger partial charge in [-0.05, 0) is 19.4 Å². The van der Waals surface area contributed by atoms with E-state index in [4.69, 9.17) is 15.9 Å². The molecule has 4 nitrogen and oxygen atoms in total. The predicted octanol–water partition coefficient (Wildman–Crippen LogP) is 1.91. The molecule has 4 heteroatoms. The Kier molecular flexibility index (Phi) is 2.64. The number of ether oxygens (including phenoxy) is 1. The maximum absolute atomic E-state index is 7.76. The van der Waals surface area contributed by atoms with E-state index >= 15 is 0 Å². The fourth-order valence-corrected chi connectivity index (χ4v) is 1.62. The van der Waals surface area contributed by atoms with Gasteiger partial charge >= 0.3 is 0 Å². The Labute approximate surface area is 94.6 Å². The van der Waals surface area contributed by atoms with E-state index in [1.807, 2.05) is 25.1 Å². The average Bonchev–Trinajstić information content (AvgIpc) is 2.56. The molecule has 0 bridgehead atoms. The summed E-state index contributed by atoms with van der Waals surface area (Å²) in [6.07, 6.45) is 1.05. The zero-order valence-electron chi connectivity index (χ0n) is 9.45. The zero-order chi connectivity index (χ0) is 11.7. The second-order valence-corrected chi connectivity index (χ2v) is 3.86. The van der Waals surface area contributed by atoms with Gasteiger partial charge in [-0.1, -0.05) is 19.1 Å². The van der Waals surface area contributed by atoms with Gasteiger partial charge in [-0.3, -0.25) is 5.41 Å². The quantitative estimate of drug-likeness (QED) is 0.811. The van der Waals surface area contributed by atoms with Crippen molar-refractivity contribution in [3.8, 4) is 5.75 Å². The molecule has 0 aliphatic carbocycles. The molecule has 16 heavy (non-hydrogen) atoms. The number of amidine groups is 2. The molecule has 0 spiro atoms. The lowest BCUT2D eigenvalue weighted by Crippen LogP contribution is -2.13. The number of nitrogens with one attached hydrogen (secondary N) is 1. The molecule has 2 rings (SSSR count). The number of rotatable bonds is 3. The molecular weight excluding hydrogens is 202 g/mol. The van der Waals surface area contributed by atoms with Gasteiger partial charge in [0.15, 0.2) is 5.84 Å². The molecule has 0 fully saturated rings. The number of nitrogens with two attached hydrogens (primary N) is 1. The van der Waals surface area contributed by atoms with Gasteiger partial charge < -0.3 is 10.5 Å². The third-order valence-corrected chi connectivity index (χ3v) is 2.67. The van der Waals surface area contributed by atoms with Crippen LogP contribution in [0.2, 0.25) is 0 Å². The molecular formula is C12H15N3O. The summed E-state index contributed by atoms with van der Waals surface area (Å²) in [5, 5.41) is 7.76. The highest BCUT2D eigenvalue weighted by atomic mass is 16.5. The Bertz CT molecular complexity index is 465. The summed E-state index contributed by atoms with van der Waals surface area (Å²) in [6, 6.07) is 5.59. The van der Waals surface area contributed by atoms with E-state index in [1.165, 1.54) is 0 Å². The lowest BCUT2D eigenvalue weighted by Gasteiger charge is -2.15. The van der Waals surface area contributed by atoms with E-state index in [2.05, 4.69) is 11.9 Å². The van der Waals surface area contributed by atoms with Crippen LogP contribution in [0.1, 0.15) is 31.4 Å². The van der Waals surface area contributed by atoms with Crippen molar-refractivity contribution in [3.63, 3.8) is 0 Å². The number of hydrogen-bond acceptors (Lipinski definition) is 3. The summed E-state index contributed by atoms with van der Waals surface area (Å²) in [5.41, 5.74) is 7.23. The molecule has 1 aromatic carbocycles. The standard InChI is InChI=1S/C12H15N3O/c1-3-7(2)16-9-6-4-5-8-10(9)12(14)15-11(8)13/h4-7H,3H2,1-2H3,(H3,13,14,15). The number of benzene rings is 1. The van der Waals surface area contributed by atoms with Gasteiger partial charge in [0.1, 0.15) is 11.6 Å². The van der Waals surface area contributed by atoms with Crippen molar-refractivity contribution < 1.29 is 4.74 Å². The van der Waals surface area contributed by atoms with Crippen LogP contribution in [0, 0.1) is 5.41 Å². The maximum atomic E-state index is 7.76. The molecule has 84 valence electrons. The van der Waals surface area contributed by atoms with Crippen LogP contribution >= 0.6 is 0 Å². The third kappa shape index (κ3) is 1.66. The van der Waals surface area contributed by atoms with Crippen LogP contribution in [0.3, 0.4) is 0 Å². The fraction of sp³-hybridized carbons (Fsp3) is 0.333. The predicted molar refractivity (Wildman–Crippen MR) is 64.4 cm³/mol. The fourth-order valence-electron chi connectivity index (χ4n) is 1.62. The first-order valence-corrected chi connectivity index (χ1v) is 5.36. The summed E-state index contributed by atoms with van der Waals surface area (Å²) in [5.74, 6) is 1.28. The second-order valence-electron chi connectivity index (χ2n) is 3.86. The number of hydrogen-bond donors (Lipinski definition) is 2. The van der Waals surface area contributed by atoms with Gasteiger partial charge in [-0.15, -0.1) is 0 Å². The molecule has 1 aliphatic rings. The average molecular weight is 217 g/mol. The van der Waals surface area contributed by atoms with Crippen LogP contribution in [0.25, 0.3) is 0 Å². The van der Waals surface area contributed by atoms with Crippen molar-refractivity contribution in [1.82, 2.24) is 0 Å². The van der Waals surface area contributed by atoms with Crippen molar-refractivity contribution in [2.24, 2.45) is 10.7 Å². The molecule has 3 N–H and O–H groups in total. The van der Waals surface area contributed by atoms with Crippen LogP contribution in [0.15, 0.2) is 23.2 Å². The topological polar surface area (TPSA) is 71.5 Å². The highest BCUT2D eigenvalue weighted by molar-refractivity contribution is 6.22. The minimum atomic E-state index is 0.126. The third-order valence-electron chi connectivity index (χ3n) is 2.67. The highest BCUT2D eigenvalue weighted by Gasteiger charge is 2.23. The normalized spacial score (nSPS) is 15.6. The van der Waals surface area contributed by atoms with Gasteiger partial charge in [0, 0.05) is 5.56 Å². The SMILES string of the molecule is CCC(C)Oc1cccc2c1C(=N)N=C2N. The Balaban J connectivity index is 2.40. The molecule has 1 aromatic rings. The van der Waals surface area contributed by atoms with E-state index in [9.17, 15) is 0 Å². The smallest absolute Gasteiger partial charge is 0.158 e. The molecule has 1 atom stereocenters. The van der Waals surface area contributed by atoms with E-state index in [0.717, 1.165) is 12.0 Å². The first-order valence-electron chi connectivity index (χ1n) is 5.36. The molecule has 1 heterocycles. The molecule has 0 radical (unpaired) electrons. The second kappa shape index (κ2) is 3.96. The first kappa shape index (κ1) is 10.7. The van der Waals surface area contributed by atoms with E-state index < -0.39 is 0 Å². The van der Waals surface area contributed by atoms with Crippen molar-refractivity contribution in [2.45, 2.75) is 26.4 Å². The number of nitrogens with zero attached hydrogens (tertiary/aromatic N) is 1. The summed E-state index contributed by atoms with van der Waals surface area (Å²) in [4.78, 5) is 3.95. The largest absolute Gasteiger partial charge is 0.490 e. The lowest BCUT2D eigenvalue weighted by atomic mass is 10.1. The molecule has 0 saturated carbocycles. The van der Waals surface area contributed by atoms with Crippen molar-refractivity contribution in [2.75, 3.05) is 0 Å². The van der Waals surface area contributed by atoms with Crippen LogP contribution in [-0.2, 0) is 0 Å². The molecule has 0 saturated heterocycles. The Morgan fingerprint density at radius 1 is 1.50 bits per heavy atom. The van der Waals surface area contributed by atoms with Crippen LogP contribution in [0.4, 0.5) is 0 Å². The lowest BCUT2D eigenvalue weighted by molar-refractivity contribution is 0.217. The highest BCUT2D eigenvalue weighted by Crippen LogP contribution is 2.28. The number of fused-ring (bicyclic) bond motifs is 1. The van der Waals surface area contributed by atoms with Gasteiger partial charge in [0.2, 0.25) is 0 Å². The van der Waals surface area contributed by atoms with Crippen LogP contribution in [-0.4, -0.2) is 17.8 Å². The van der Waals surface area contributed by atoms with Crippen LogP contribution < -0.4 is 10.5 Å².